The van der Waals surface area contributed by atoms with E-state index in [1.807, 2.05) is 40.0 Å². The van der Waals surface area contributed by atoms with Crippen molar-refractivity contribution in [1.29, 1.82) is 0 Å². The van der Waals surface area contributed by atoms with Gasteiger partial charge in [-0.25, -0.2) is 0 Å². The van der Waals surface area contributed by atoms with Crippen LogP contribution in [0.2, 0.25) is 0 Å². The van der Waals surface area contributed by atoms with Crippen LogP contribution < -0.4 is 0 Å². The number of allylic oxidation sites excluding steroid dienone is 2. The molecule has 0 atom stereocenters. The number of aromatic nitrogens is 1. The van der Waals surface area contributed by atoms with Gasteiger partial charge < -0.3 is 10.1 Å². The molecule has 3 aromatic carbocycles. The molecule has 0 saturated carbocycles. The van der Waals surface area contributed by atoms with Crippen LogP contribution in [0, 0.1) is 17.9 Å². The molecule has 0 saturated heterocycles. The normalized spacial score (nSPS) is 12.3. The Morgan fingerprint density at radius 1 is 0.884 bits per heavy atom. The minimum atomic E-state index is 0. The van der Waals surface area contributed by atoms with E-state index in [0.29, 0.717) is 30.6 Å². The molecule has 3 nitrogen and oxygen atoms in total. The van der Waals surface area contributed by atoms with Gasteiger partial charge in [0, 0.05) is 45.2 Å². The number of nitrogens with zero attached hydrogens (tertiary/aromatic N) is 1. The number of hydrogen-bond donors (Lipinski definition) is 1. The fourth-order valence-corrected chi connectivity index (χ4v) is 5.51. The van der Waals surface area contributed by atoms with Crippen LogP contribution in [0.1, 0.15) is 92.2 Å². The summed E-state index contributed by atoms with van der Waals surface area (Å²) in [5.74, 6) is 1.47. The van der Waals surface area contributed by atoms with Gasteiger partial charge in [0.2, 0.25) is 0 Å². The average molecular weight is 753 g/mol. The van der Waals surface area contributed by atoms with Crippen LogP contribution >= 0.6 is 0 Å². The molecular weight excluding hydrogens is 707 g/mol. The molecule has 4 heteroatoms. The zero-order valence-corrected chi connectivity index (χ0v) is 29.5. The number of aliphatic hydroxyl groups is 1. The Hall–Kier alpha value is -3.07. The van der Waals surface area contributed by atoms with E-state index in [0.717, 1.165) is 11.3 Å². The molecule has 0 amide bonds. The molecule has 1 heterocycles. The number of aliphatic hydroxyl groups excluding tert-OH is 1. The largest absolute Gasteiger partial charge is 0.512 e. The minimum absolute atomic E-state index is 0. The van der Waals surface area contributed by atoms with E-state index >= 15 is 0 Å². The first-order valence-electron chi connectivity index (χ1n) is 15.3. The molecule has 1 N–H and O–H groups in total. The first-order valence-corrected chi connectivity index (χ1v) is 15.3. The first-order chi connectivity index (χ1) is 19.8. The van der Waals surface area contributed by atoms with E-state index in [2.05, 4.69) is 89.2 Å². The monoisotopic (exact) mass is 753 g/mol. The molecule has 1 aromatic heterocycles. The van der Waals surface area contributed by atoms with Crippen LogP contribution in [0.4, 0.5) is 0 Å². The molecule has 43 heavy (non-hydrogen) atoms. The molecule has 1 aliphatic rings. The molecule has 4 aromatic rings. The number of rotatable bonds is 6. The predicted octanol–water partition coefficient (Wildman–Crippen LogP) is 10.9. The van der Waals surface area contributed by atoms with E-state index in [9.17, 15) is 9.90 Å². The van der Waals surface area contributed by atoms with Gasteiger partial charge in [-0.3, -0.25) is 4.79 Å². The molecular formula is C39H46IrNO2-. The van der Waals surface area contributed by atoms with Crippen molar-refractivity contribution in [2.24, 2.45) is 11.8 Å². The summed E-state index contributed by atoms with van der Waals surface area (Å²) < 4.78 is 0. The van der Waals surface area contributed by atoms with E-state index < -0.39 is 0 Å². The summed E-state index contributed by atoms with van der Waals surface area (Å²) in [6, 6.07) is 23.6. The van der Waals surface area contributed by atoms with E-state index in [1.54, 1.807) is 0 Å². The second-order valence-corrected chi connectivity index (χ2v) is 13.7. The topological polar surface area (TPSA) is 50.2 Å². The van der Waals surface area contributed by atoms with Crippen molar-refractivity contribution in [3.63, 3.8) is 0 Å². The molecule has 0 fully saturated rings. The Kier molecular flexibility index (Phi) is 11.3. The van der Waals surface area contributed by atoms with Gasteiger partial charge in [0.15, 0.2) is 5.78 Å². The molecule has 0 unspecified atom stereocenters. The fourth-order valence-electron chi connectivity index (χ4n) is 5.51. The van der Waals surface area contributed by atoms with Crippen molar-refractivity contribution in [3.8, 4) is 33.5 Å². The average Bonchev–Trinajstić information content (AvgIpc) is 3.01. The van der Waals surface area contributed by atoms with Crippen LogP contribution in [0.3, 0.4) is 0 Å². The summed E-state index contributed by atoms with van der Waals surface area (Å²) in [5.41, 5.74) is 10.0. The smallest absolute Gasteiger partial charge is 0.159 e. The van der Waals surface area contributed by atoms with Gasteiger partial charge in [0.05, 0.1) is 5.76 Å². The Morgan fingerprint density at radius 2 is 1.58 bits per heavy atom. The number of pyridine rings is 1. The zero-order chi connectivity index (χ0) is 30.8. The minimum Gasteiger partial charge on any atom is -0.512 e. The van der Waals surface area contributed by atoms with Gasteiger partial charge in [0.1, 0.15) is 0 Å². The van der Waals surface area contributed by atoms with Crippen molar-refractivity contribution < 1.29 is 30.0 Å². The second kappa shape index (κ2) is 14.1. The van der Waals surface area contributed by atoms with Crippen molar-refractivity contribution in [1.82, 2.24) is 4.98 Å². The third kappa shape index (κ3) is 8.11. The summed E-state index contributed by atoms with van der Waals surface area (Å²) in [5, 5.41) is 11.8. The Labute approximate surface area is 272 Å². The molecule has 0 aliphatic heterocycles. The second-order valence-electron chi connectivity index (χ2n) is 13.7. The van der Waals surface area contributed by atoms with Crippen LogP contribution in [-0.2, 0) is 30.3 Å². The quantitative estimate of drug-likeness (QED) is 0.107. The van der Waals surface area contributed by atoms with Crippen molar-refractivity contribution in [2.45, 2.75) is 86.5 Å². The van der Waals surface area contributed by atoms with Gasteiger partial charge in [0.25, 0.3) is 0 Å². The third-order valence-corrected chi connectivity index (χ3v) is 7.67. The number of carbonyl (C=O) groups is 1. The summed E-state index contributed by atoms with van der Waals surface area (Å²) in [7, 11) is 0. The molecule has 0 spiro atoms. The van der Waals surface area contributed by atoms with Crippen molar-refractivity contribution in [2.75, 3.05) is 0 Å². The maximum Gasteiger partial charge on any atom is 0.159 e. The third-order valence-electron chi connectivity index (χ3n) is 7.67. The summed E-state index contributed by atoms with van der Waals surface area (Å²) in [6.07, 6.45) is 4.40. The molecule has 1 aliphatic carbocycles. The Bertz CT molecular complexity index is 1620. The van der Waals surface area contributed by atoms with Crippen molar-refractivity contribution >= 4 is 16.6 Å². The van der Waals surface area contributed by atoms with Crippen LogP contribution in [0.25, 0.3) is 44.3 Å². The maximum atomic E-state index is 11.2. The molecule has 0 bridgehead atoms. The summed E-state index contributed by atoms with van der Waals surface area (Å²) in [4.78, 5) is 16.0. The standard InChI is InChI=1S/C28H26N.C11H20O2.Ir/c1-17(2)18-10-11-22-24(15-18)21-8-6-7-9-23(21)27-26-19(12-13-29-27)14-20(16-25(22)26)28(3,4)5;1-8(2)5-10(12)7-11(13)6-9(3)4;/h6-8,10-17H,1-5H3;7-9,12H,5-6H2,1-4H3;/q-1;;/b;10-7-;. The Morgan fingerprint density at radius 3 is 2.21 bits per heavy atom. The van der Waals surface area contributed by atoms with Gasteiger partial charge in [-0.15, -0.1) is 29.8 Å². The Balaban J connectivity index is 0.000000310. The molecule has 229 valence electrons. The van der Waals surface area contributed by atoms with Gasteiger partial charge in [-0.05, 0) is 68.0 Å². The van der Waals surface area contributed by atoms with Crippen molar-refractivity contribution in [3.05, 3.63) is 89.8 Å². The molecule has 1 radical (unpaired) electrons. The zero-order valence-electron chi connectivity index (χ0n) is 27.1. The van der Waals surface area contributed by atoms with E-state index in [1.165, 1.54) is 50.2 Å². The van der Waals surface area contributed by atoms with Gasteiger partial charge >= 0.3 is 0 Å². The van der Waals surface area contributed by atoms with E-state index in [4.69, 9.17) is 4.98 Å². The number of ketones is 1. The predicted molar refractivity (Wildman–Crippen MR) is 178 cm³/mol. The number of hydrogen-bond acceptors (Lipinski definition) is 3. The first kappa shape index (κ1) is 34.4. The molecule has 5 rings (SSSR count). The van der Waals surface area contributed by atoms with Crippen LogP contribution in [0.15, 0.2) is 72.6 Å². The number of fused-ring (bicyclic) bond motifs is 5. The summed E-state index contributed by atoms with van der Waals surface area (Å²) in [6.45, 7) is 19.4. The summed E-state index contributed by atoms with van der Waals surface area (Å²) >= 11 is 0. The van der Waals surface area contributed by atoms with Crippen LogP contribution in [-0.4, -0.2) is 15.9 Å². The van der Waals surface area contributed by atoms with Gasteiger partial charge in [-0.2, -0.15) is 0 Å². The van der Waals surface area contributed by atoms with Crippen LogP contribution in [0.5, 0.6) is 0 Å². The number of benzene rings is 3. The SMILES string of the molecule is CC(C)CC(=O)/C=C(\O)CC(C)C.CC(C)c1ccc2c(c1)-c1ccc[c-]c1-c1nccc3cc(C(C)(C)C)cc-2c13.[Ir]. The van der Waals surface area contributed by atoms with Gasteiger partial charge in [-0.1, -0.05) is 104 Å². The van der Waals surface area contributed by atoms with E-state index in [-0.39, 0.29) is 37.1 Å². The number of carbonyl (C=O) groups excluding carboxylic acids is 1. The fraction of sp³-hybridized carbons (Fsp3) is 0.385. The maximum absolute atomic E-state index is 11.2.